The molecule has 2 rings (SSSR count). The maximum Gasteiger partial charge on any atom is 0.397 e. The van der Waals surface area contributed by atoms with Gasteiger partial charge in [-0.2, -0.15) is 0 Å². The third-order valence-electron chi connectivity index (χ3n) is 3.21. The van der Waals surface area contributed by atoms with Crippen molar-refractivity contribution in [3.05, 3.63) is 29.3 Å². The van der Waals surface area contributed by atoms with E-state index >= 15 is 0 Å². The quantitative estimate of drug-likeness (QED) is 0.614. The van der Waals surface area contributed by atoms with Crippen LogP contribution in [-0.2, 0) is 14.3 Å². The van der Waals surface area contributed by atoms with Crippen molar-refractivity contribution in [3.8, 4) is 0 Å². The van der Waals surface area contributed by atoms with Crippen LogP contribution in [0.25, 0.3) is 0 Å². The van der Waals surface area contributed by atoms with Crippen molar-refractivity contribution in [2.75, 3.05) is 37.7 Å². The summed E-state index contributed by atoms with van der Waals surface area (Å²) in [5, 5.41) is 0.692. The fraction of sp³-hybridized carbons (Fsp3) is 0.429. The van der Waals surface area contributed by atoms with Gasteiger partial charge in [0.05, 0.1) is 17.3 Å². The highest BCUT2D eigenvalue weighted by atomic mass is 35.5. The second kappa shape index (κ2) is 6.61. The first kappa shape index (κ1) is 14.7. The smallest absolute Gasteiger partial charge is 0.397 e. The van der Waals surface area contributed by atoms with Crippen LogP contribution < -0.4 is 4.90 Å². The molecular weight excluding hydrogens is 280 g/mol. The molecule has 1 saturated heterocycles. The number of nitrogens with zero attached hydrogens (tertiary/aromatic N) is 2. The molecule has 0 saturated carbocycles. The van der Waals surface area contributed by atoms with Crippen molar-refractivity contribution in [3.63, 3.8) is 0 Å². The molecule has 1 aliphatic rings. The largest absolute Gasteiger partial charge is 0.459 e. The van der Waals surface area contributed by atoms with E-state index in [1.165, 1.54) is 4.90 Å². The molecule has 0 aliphatic carbocycles. The number of hydrogen-bond donors (Lipinski definition) is 0. The molecule has 1 aromatic rings. The third kappa shape index (κ3) is 3.22. The Hall–Kier alpha value is -1.75. The van der Waals surface area contributed by atoms with E-state index in [4.69, 9.17) is 16.3 Å². The second-order valence-electron chi connectivity index (χ2n) is 4.45. The predicted molar refractivity (Wildman–Crippen MR) is 76.9 cm³/mol. The fourth-order valence-electron chi connectivity index (χ4n) is 2.18. The molecule has 1 aromatic carbocycles. The molecule has 5 nitrogen and oxygen atoms in total. The number of carbonyl (C=O) groups excluding carboxylic acids is 2. The van der Waals surface area contributed by atoms with E-state index in [0.717, 1.165) is 5.69 Å². The molecular formula is C14H17ClN2O3. The van der Waals surface area contributed by atoms with Crippen molar-refractivity contribution in [1.29, 1.82) is 0 Å². The summed E-state index contributed by atoms with van der Waals surface area (Å²) in [7, 11) is 0. The third-order valence-corrected chi connectivity index (χ3v) is 3.53. The van der Waals surface area contributed by atoms with Crippen LogP contribution in [0.2, 0.25) is 5.02 Å². The number of ether oxygens (including phenoxy) is 1. The summed E-state index contributed by atoms with van der Waals surface area (Å²) in [5.41, 5.74) is 0.956. The van der Waals surface area contributed by atoms with E-state index in [9.17, 15) is 9.59 Å². The zero-order valence-corrected chi connectivity index (χ0v) is 12.1. The molecule has 108 valence electrons. The average Bonchev–Trinajstić information content (AvgIpc) is 2.47. The number of halogens is 1. The van der Waals surface area contributed by atoms with Crippen molar-refractivity contribution >= 4 is 29.2 Å². The summed E-state index contributed by atoms with van der Waals surface area (Å²) in [5.74, 6) is -1.34. The first-order chi connectivity index (χ1) is 9.63. The lowest BCUT2D eigenvalue weighted by Gasteiger charge is -2.35. The number of carbonyl (C=O) groups is 2. The van der Waals surface area contributed by atoms with Gasteiger partial charge in [0.2, 0.25) is 0 Å². The zero-order valence-electron chi connectivity index (χ0n) is 11.3. The molecule has 1 aliphatic heterocycles. The fourth-order valence-corrected chi connectivity index (χ4v) is 2.44. The average molecular weight is 297 g/mol. The van der Waals surface area contributed by atoms with Gasteiger partial charge >= 0.3 is 11.9 Å². The molecule has 6 heteroatoms. The number of para-hydroxylation sites is 1. The Balaban J connectivity index is 1.94. The number of hydrogen-bond acceptors (Lipinski definition) is 4. The molecule has 1 heterocycles. The summed E-state index contributed by atoms with van der Waals surface area (Å²) < 4.78 is 4.72. The Bertz CT molecular complexity index is 499. The number of anilines is 1. The minimum atomic E-state index is -0.779. The van der Waals surface area contributed by atoms with Gasteiger partial charge in [-0.15, -0.1) is 0 Å². The number of rotatable bonds is 2. The summed E-state index contributed by atoms with van der Waals surface area (Å²) in [6.45, 7) is 4.17. The SMILES string of the molecule is CCOC(=O)C(=O)N1CCN(c2ccccc2Cl)CC1. The van der Waals surface area contributed by atoms with Gasteiger partial charge in [-0.1, -0.05) is 23.7 Å². The lowest BCUT2D eigenvalue weighted by atomic mass is 10.2. The van der Waals surface area contributed by atoms with Gasteiger partial charge in [-0.3, -0.25) is 4.79 Å². The van der Waals surface area contributed by atoms with Crippen molar-refractivity contribution in [2.24, 2.45) is 0 Å². The Morgan fingerprint density at radius 1 is 1.20 bits per heavy atom. The highest BCUT2D eigenvalue weighted by Crippen LogP contribution is 2.25. The zero-order chi connectivity index (χ0) is 14.5. The van der Waals surface area contributed by atoms with E-state index in [1.54, 1.807) is 6.92 Å². The van der Waals surface area contributed by atoms with Crippen LogP contribution in [0.1, 0.15) is 6.92 Å². The van der Waals surface area contributed by atoms with E-state index in [2.05, 4.69) is 4.90 Å². The van der Waals surface area contributed by atoms with Crippen LogP contribution in [0.5, 0.6) is 0 Å². The minimum absolute atomic E-state index is 0.212. The highest BCUT2D eigenvalue weighted by molar-refractivity contribution is 6.33. The van der Waals surface area contributed by atoms with Crippen molar-refractivity contribution in [2.45, 2.75) is 6.92 Å². The number of benzene rings is 1. The van der Waals surface area contributed by atoms with Crippen LogP contribution in [-0.4, -0.2) is 49.6 Å². The Kier molecular flexibility index (Phi) is 4.84. The lowest BCUT2D eigenvalue weighted by molar-refractivity contribution is -0.160. The standard InChI is InChI=1S/C14H17ClN2O3/c1-2-20-14(19)13(18)17-9-7-16(8-10-17)12-6-4-3-5-11(12)15/h3-6H,2,7-10H2,1H3. The molecule has 0 unspecified atom stereocenters. The number of piperazine rings is 1. The van der Waals surface area contributed by atoms with E-state index in [0.29, 0.717) is 31.2 Å². The van der Waals surface area contributed by atoms with Gasteiger partial charge < -0.3 is 14.5 Å². The summed E-state index contributed by atoms with van der Waals surface area (Å²) in [6.07, 6.45) is 0. The molecule has 1 amide bonds. The van der Waals surface area contributed by atoms with Crippen LogP contribution in [0.4, 0.5) is 5.69 Å². The first-order valence-corrected chi connectivity index (χ1v) is 6.96. The van der Waals surface area contributed by atoms with Crippen molar-refractivity contribution < 1.29 is 14.3 Å². The first-order valence-electron chi connectivity index (χ1n) is 6.59. The van der Waals surface area contributed by atoms with Gasteiger partial charge in [0.25, 0.3) is 0 Å². The van der Waals surface area contributed by atoms with E-state index < -0.39 is 11.9 Å². The topological polar surface area (TPSA) is 49.9 Å². The molecule has 0 bridgehead atoms. The van der Waals surface area contributed by atoms with Gasteiger partial charge in [-0.25, -0.2) is 4.79 Å². The molecule has 0 N–H and O–H groups in total. The van der Waals surface area contributed by atoms with Crippen molar-refractivity contribution in [1.82, 2.24) is 4.90 Å². The Morgan fingerprint density at radius 3 is 2.45 bits per heavy atom. The molecule has 0 atom stereocenters. The normalized spacial score (nSPS) is 15.1. The predicted octanol–water partition coefficient (Wildman–Crippen LogP) is 1.55. The number of amides is 1. The summed E-state index contributed by atoms with van der Waals surface area (Å²) >= 11 is 6.15. The molecule has 1 fully saturated rings. The van der Waals surface area contributed by atoms with E-state index in [-0.39, 0.29) is 6.61 Å². The minimum Gasteiger partial charge on any atom is -0.459 e. The van der Waals surface area contributed by atoms with Gasteiger partial charge in [0.15, 0.2) is 0 Å². The molecule has 20 heavy (non-hydrogen) atoms. The Morgan fingerprint density at radius 2 is 1.85 bits per heavy atom. The van der Waals surface area contributed by atoms with Crippen LogP contribution in [0.3, 0.4) is 0 Å². The van der Waals surface area contributed by atoms with Gasteiger partial charge in [0, 0.05) is 26.2 Å². The number of esters is 1. The molecule has 0 spiro atoms. The maximum absolute atomic E-state index is 11.8. The van der Waals surface area contributed by atoms with Crippen LogP contribution in [0, 0.1) is 0 Å². The van der Waals surface area contributed by atoms with E-state index in [1.807, 2.05) is 24.3 Å². The summed E-state index contributed by atoms with van der Waals surface area (Å²) in [4.78, 5) is 26.8. The molecule has 0 aromatic heterocycles. The maximum atomic E-state index is 11.8. The Labute approximate surface area is 123 Å². The van der Waals surface area contributed by atoms with Gasteiger partial charge in [0.1, 0.15) is 0 Å². The monoisotopic (exact) mass is 296 g/mol. The molecule has 0 radical (unpaired) electrons. The lowest BCUT2D eigenvalue weighted by Crippen LogP contribution is -2.51. The highest BCUT2D eigenvalue weighted by Gasteiger charge is 2.27. The van der Waals surface area contributed by atoms with Gasteiger partial charge in [-0.05, 0) is 19.1 Å². The summed E-state index contributed by atoms with van der Waals surface area (Å²) in [6, 6.07) is 7.60. The van der Waals surface area contributed by atoms with Crippen LogP contribution >= 0.6 is 11.6 Å². The second-order valence-corrected chi connectivity index (χ2v) is 4.86. The van der Waals surface area contributed by atoms with Crippen LogP contribution in [0.15, 0.2) is 24.3 Å².